The Balaban J connectivity index is 2.97. The largest absolute Gasteiger partial charge is 0.397 e. The first-order valence-corrected chi connectivity index (χ1v) is 5.81. The van der Waals surface area contributed by atoms with Crippen molar-refractivity contribution in [3.8, 4) is 0 Å². The van der Waals surface area contributed by atoms with Crippen LogP contribution >= 0.6 is 11.6 Å². The summed E-state index contributed by atoms with van der Waals surface area (Å²) in [5.74, 6) is -0.512. The predicted molar refractivity (Wildman–Crippen MR) is 68.3 cm³/mol. The summed E-state index contributed by atoms with van der Waals surface area (Å²) >= 11 is 5.69. The summed E-state index contributed by atoms with van der Waals surface area (Å²) < 4.78 is 0. The molecule has 0 aromatic carbocycles. The second-order valence-electron chi connectivity index (χ2n) is 4.00. The molecule has 0 aliphatic heterocycles. The summed E-state index contributed by atoms with van der Waals surface area (Å²) in [5.41, 5.74) is 4.90. The van der Waals surface area contributed by atoms with Crippen LogP contribution < -0.4 is 11.1 Å². The van der Waals surface area contributed by atoms with E-state index in [1.807, 2.05) is 0 Å². The van der Waals surface area contributed by atoms with E-state index in [0.717, 1.165) is 0 Å². The van der Waals surface area contributed by atoms with Gasteiger partial charge >= 0.3 is 0 Å². The number of hydrogen-bond acceptors (Lipinski definition) is 5. The lowest BCUT2D eigenvalue weighted by atomic mass is 9.98. The maximum absolute atomic E-state index is 12.0. The summed E-state index contributed by atoms with van der Waals surface area (Å²) in [7, 11) is 0. The lowest BCUT2D eigenvalue weighted by Gasteiger charge is -2.29. The Morgan fingerprint density at radius 3 is 2.67 bits per heavy atom. The normalized spacial score (nSPS) is 11.3. The fourth-order valence-corrected chi connectivity index (χ4v) is 1.54. The Bertz CT molecular complexity index is 427. The van der Waals surface area contributed by atoms with E-state index in [0.29, 0.717) is 6.42 Å². The topological polar surface area (TPSA) is 108 Å². The van der Waals surface area contributed by atoms with E-state index in [4.69, 9.17) is 17.3 Å². The Morgan fingerprint density at radius 2 is 2.17 bits per heavy atom. The minimum absolute atomic E-state index is 0.143. The van der Waals surface area contributed by atoms with Gasteiger partial charge in [-0.15, -0.1) is 0 Å². The van der Waals surface area contributed by atoms with Gasteiger partial charge in [-0.2, -0.15) is 0 Å². The van der Waals surface area contributed by atoms with Gasteiger partial charge in [0.15, 0.2) is 0 Å². The van der Waals surface area contributed by atoms with Crippen molar-refractivity contribution in [2.24, 2.45) is 0 Å². The molecule has 0 saturated carbocycles. The van der Waals surface area contributed by atoms with Crippen molar-refractivity contribution in [3.05, 3.63) is 23.0 Å². The maximum atomic E-state index is 12.0. The third kappa shape index (κ3) is 3.10. The molecule has 100 valence electrons. The molecule has 1 amide bonds. The van der Waals surface area contributed by atoms with Gasteiger partial charge in [0.2, 0.25) is 0 Å². The minimum Gasteiger partial charge on any atom is -0.397 e. The molecule has 0 aliphatic rings. The standard InChI is InChI=1S/C11H16ClN3O3/c1-2-11(5-16,6-17)15-10(18)7-3-9(12)14-4-8(7)13/h3-4,16-17H,2,5-6,13H2,1H3,(H,15,18). The molecule has 6 nitrogen and oxygen atoms in total. The molecule has 18 heavy (non-hydrogen) atoms. The SMILES string of the molecule is CCC(CO)(CO)NC(=O)c1cc(Cl)ncc1N. The molecule has 1 heterocycles. The smallest absolute Gasteiger partial charge is 0.254 e. The van der Waals surface area contributed by atoms with Crippen molar-refractivity contribution in [2.75, 3.05) is 18.9 Å². The number of nitrogens with two attached hydrogens (primary N) is 1. The monoisotopic (exact) mass is 273 g/mol. The van der Waals surface area contributed by atoms with E-state index in [2.05, 4.69) is 10.3 Å². The highest BCUT2D eigenvalue weighted by molar-refractivity contribution is 6.29. The molecule has 7 heteroatoms. The van der Waals surface area contributed by atoms with Gasteiger partial charge < -0.3 is 21.3 Å². The van der Waals surface area contributed by atoms with Crippen molar-refractivity contribution in [1.82, 2.24) is 10.3 Å². The zero-order chi connectivity index (χ0) is 13.8. The fraction of sp³-hybridized carbons (Fsp3) is 0.455. The van der Waals surface area contributed by atoms with Crippen molar-refractivity contribution >= 4 is 23.2 Å². The second kappa shape index (κ2) is 5.99. The summed E-state index contributed by atoms with van der Waals surface area (Å²) in [6.07, 6.45) is 1.66. The van der Waals surface area contributed by atoms with Gasteiger partial charge in [0.05, 0.1) is 36.2 Å². The number of nitrogens with zero attached hydrogens (tertiary/aromatic N) is 1. The molecule has 5 N–H and O–H groups in total. The molecule has 0 bridgehead atoms. The van der Waals surface area contributed by atoms with Crippen molar-refractivity contribution in [2.45, 2.75) is 18.9 Å². The Kier molecular flexibility index (Phi) is 4.89. The third-order valence-electron chi connectivity index (χ3n) is 2.81. The molecule has 0 spiro atoms. The van der Waals surface area contributed by atoms with Crippen LogP contribution in [0.3, 0.4) is 0 Å². The summed E-state index contributed by atoms with van der Waals surface area (Å²) in [4.78, 5) is 15.8. The molecule has 0 atom stereocenters. The average molecular weight is 274 g/mol. The number of nitrogens with one attached hydrogen (secondary N) is 1. The Morgan fingerprint density at radius 1 is 1.56 bits per heavy atom. The molecule has 1 aromatic rings. The van der Waals surface area contributed by atoms with Gasteiger partial charge in [-0.25, -0.2) is 4.98 Å². The summed E-state index contributed by atoms with van der Waals surface area (Å²) in [6.45, 7) is 1.00. The van der Waals surface area contributed by atoms with Crippen LogP contribution in [0.4, 0.5) is 5.69 Å². The van der Waals surface area contributed by atoms with Gasteiger partial charge in [-0.05, 0) is 12.5 Å². The quantitative estimate of drug-likeness (QED) is 0.572. The van der Waals surface area contributed by atoms with Gasteiger partial charge in [-0.1, -0.05) is 18.5 Å². The van der Waals surface area contributed by atoms with E-state index in [9.17, 15) is 15.0 Å². The number of halogens is 1. The van der Waals surface area contributed by atoms with Crippen LogP contribution in [0.1, 0.15) is 23.7 Å². The predicted octanol–water partition coefficient (Wildman–Crippen LogP) is 0.180. The highest BCUT2D eigenvalue weighted by Gasteiger charge is 2.29. The zero-order valence-electron chi connectivity index (χ0n) is 9.98. The molecule has 0 aliphatic carbocycles. The van der Waals surface area contributed by atoms with Gasteiger partial charge in [0.1, 0.15) is 5.15 Å². The van der Waals surface area contributed by atoms with E-state index in [1.165, 1.54) is 12.3 Å². The minimum atomic E-state index is -1.07. The van der Waals surface area contributed by atoms with Crippen LogP contribution in [-0.4, -0.2) is 39.9 Å². The lowest BCUT2D eigenvalue weighted by molar-refractivity contribution is 0.0653. The van der Waals surface area contributed by atoms with Crippen LogP contribution in [0.2, 0.25) is 5.15 Å². The highest BCUT2D eigenvalue weighted by atomic mass is 35.5. The lowest BCUT2D eigenvalue weighted by Crippen LogP contribution is -2.53. The highest BCUT2D eigenvalue weighted by Crippen LogP contribution is 2.17. The number of amides is 1. The fourth-order valence-electron chi connectivity index (χ4n) is 1.39. The van der Waals surface area contributed by atoms with Gasteiger partial charge in [0.25, 0.3) is 5.91 Å². The van der Waals surface area contributed by atoms with Crippen LogP contribution in [0, 0.1) is 0 Å². The summed E-state index contributed by atoms with van der Waals surface area (Å²) in [5, 5.41) is 21.2. The van der Waals surface area contributed by atoms with E-state index in [1.54, 1.807) is 6.92 Å². The second-order valence-corrected chi connectivity index (χ2v) is 4.39. The van der Waals surface area contributed by atoms with Crippen LogP contribution in [0.15, 0.2) is 12.3 Å². The number of aliphatic hydroxyl groups is 2. The van der Waals surface area contributed by atoms with Gasteiger partial charge in [0, 0.05) is 0 Å². The Labute approximate surface area is 110 Å². The first-order valence-electron chi connectivity index (χ1n) is 5.43. The molecule has 0 fully saturated rings. The third-order valence-corrected chi connectivity index (χ3v) is 3.01. The van der Waals surface area contributed by atoms with Crippen LogP contribution in [0.5, 0.6) is 0 Å². The first kappa shape index (κ1) is 14.7. The number of anilines is 1. The molecular weight excluding hydrogens is 258 g/mol. The molecule has 0 radical (unpaired) electrons. The maximum Gasteiger partial charge on any atom is 0.254 e. The Hall–Kier alpha value is -1.37. The number of carbonyl (C=O) groups is 1. The van der Waals surface area contributed by atoms with Crippen LogP contribution in [0.25, 0.3) is 0 Å². The molecule has 0 unspecified atom stereocenters. The molecular formula is C11H16ClN3O3. The van der Waals surface area contributed by atoms with Gasteiger partial charge in [-0.3, -0.25) is 4.79 Å². The molecule has 1 aromatic heterocycles. The number of rotatable bonds is 5. The van der Waals surface area contributed by atoms with Crippen LogP contribution in [-0.2, 0) is 0 Å². The number of nitrogen functional groups attached to an aromatic ring is 1. The first-order chi connectivity index (χ1) is 8.48. The van der Waals surface area contributed by atoms with E-state index < -0.39 is 11.4 Å². The number of aromatic nitrogens is 1. The van der Waals surface area contributed by atoms with Crippen molar-refractivity contribution < 1.29 is 15.0 Å². The van der Waals surface area contributed by atoms with Crippen molar-refractivity contribution in [3.63, 3.8) is 0 Å². The average Bonchev–Trinajstić information content (AvgIpc) is 2.38. The van der Waals surface area contributed by atoms with Crippen molar-refractivity contribution in [1.29, 1.82) is 0 Å². The molecule has 0 saturated heterocycles. The summed E-state index contributed by atoms with van der Waals surface area (Å²) in [6, 6.07) is 1.33. The number of aliphatic hydroxyl groups excluding tert-OH is 2. The molecule has 1 rings (SSSR count). The van der Waals surface area contributed by atoms with E-state index in [-0.39, 0.29) is 29.6 Å². The van der Waals surface area contributed by atoms with E-state index >= 15 is 0 Å². The number of carbonyl (C=O) groups excluding carboxylic acids is 1. The zero-order valence-corrected chi connectivity index (χ0v) is 10.7. The number of hydrogen-bond donors (Lipinski definition) is 4. The number of pyridine rings is 1.